The number of rotatable bonds is 7. The zero-order chi connectivity index (χ0) is 13.4. The van der Waals surface area contributed by atoms with Crippen molar-refractivity contribution < 1.29 is 13.9 Å². The van der Waals surface area contributed by atoms with Gasteiger partial charge in [0.2, 0.25) is 0 Å². The van der Waals surface area contributed by atoms with E-state index in [0.717, 1.165) is 33.1 Å². The van der Waals surface area contributed by atoms with Crippen molar-refractivity contribution in [3.8, 4) is 0 Å². The van der Waals surface area contributed by atoms with E-state index in [0.29, 0.717) is 13.2 Å². The Morgan fingerprint density at radius 2 is 1.61 bits per heavy atom. The third-order valence-electron chi connectivity index (χ3n) is 2.00. The average molecular weight is 355 g/mol. The second kappa shape index (κ2) is 8.51. The Labute approximate surface area is 121 Å². The quantitative estimate of drug-likeness (QED) is 0.570. The summed E-state index contributed by atoms with van der Waals surface area (Å²) in [6, 6.07) is 7.82. The minimum atomic E-state index is -2.78. The van der Waals surface area contributed by atoms with Crippen molar-refractivity contribution in [2.45, 2.75) is 31.6 Å². The van der Waals surface area contributed by atoms with Crippen LogP contribution in [0.1, 0.15) is 26.7 Å². The first-order valence-electron chi connectivity index (χ1n) is 5.99. The van der Waals surface area contributed by atoms with E-state index in [2.05, 4.69) is 15.9 Å². The molecule has 0 aliphatic heterocycles. The highest BCUT2D eigenvalue weighted by Gasteiger charge is 2.15. The smallest absolute Gasteiger partial charge is 0.283 e. The highest BCUT2D eigenvalue weighted by Crippen LogP contribution is 2.47. The fourth-order valence-corrected chi connectivity index (χ4v) is 5.15. The van der Waals surface area contributed by atoms with Gasteiger partial charge in [0.1, 0.15) is 0 Å². The summed E-state index contributed by atoms with van der Waals surface area (Å²) in [7, 11) is 0.723. The lowest BCUT2D eigenvalue weighted by Crippen LogP contribution is -1.99. The van der Waals surface area contributed by atoms with Gasteiger partial charge >= 0.3 is 0 Å². The van der Waals surface area contributed by atoms with E-state index in [1.807, 2.05) is 38.1 Å². The number of hydrogen-bond acceptors (Lipinski definition) is 2. The molecule has 0 aliphatic carbocycles. The molecule has 0 aliphatic rings. The van der Waals surface area contributed by atoms with Gasteiger partial charge in [-0.15, -0.1) is 0 Å². The van der Waals surface area contributed by atoms with Crippen LogP contribution in [-0.4, -0.2) is 18.1 Å². The lowest BCUT2D eigenvalue weighted by molar-refractivity contribution is 0.197. The van der Waals surface area contributed by atoms with Crippen molar-refractivity contribution in [1.82, 2.24) is 0 Å². The molecule has 0 radical (unpaired) electrons. The molecule has 104 valence electrons. The van der Waals surface area contributed by atoms with E-state index in [-0.39, 0.29) is 0 Å². The molecule has 0 fully saturated rings. The Kier molecular flexibility index (Phi) is 7.76. The third kappa shape index (κ3) is 6.00. The highest BCUT2D eigenvalue weighted by molar-refractivity contribution is 9.10. The van der Waals surface area contributed by atoms with Gasteiger partial charge < -0.3 is 13.9 Å². The zero-order valence-electron chi connectivity index (χ0n) is 10.7. The summed E-state index contributed by atoms with van der Waals surface area (Å²) >= 11 is 3.39. The Hall–Kier alpha value is 0.360. The summed E-state index contributed by atoms with van der Waals surface area (Å²) in [5, 5.41) is 0. The van der Waals surface area contributed by atoms with Crippen molar-refractivity contribution in [3.63, 3.8) is 0 Å². The molecule has 0 saturated heterocycles. The van der Waals surface area contributed by atoms with Gasteiger partial charge in [0.05, 0.1) is 13.2 Å². The molecule has 0 atom stereocenters. The van der Waals surface area contributed by atoms with Crippen LogP contribution in [0, 0.1) is 0 Å². The summed E-state index contributed by atoms with van der Waals surface area (Å²) in [6.07, 6.45) is 1.74. The van der Waals surface area contributed by atoms with E-state index in [9.17, 15) is 4.89 Å². The van der Waals surface area contributed by atoms with E-state index < -0.39 is 6.72 Å². The standard InChI is InChI=1S/C12H20BrO3PS/c1-3-9-15-17(14,16-10-4-2)18-12-7-5-11(13)6-8-12/h5-8,14,18H,3-4,9-10H2,1-2H3. The van der Waals surface area contributed by atoms with Crippen LogP contribution in [-0.2, 0) is 20.0 Å². The molecule has 0 heterocycles. The van der Waals surface area contributed by atoms with Gasteiger partial charge in [-0.3, -0.25) is 0 Å². The van der Waals surface area contributed by atoms with Crippen LogP contribution in [0.3, 0.4) is 0 Å². The van der Waals surface area contributed by atoms with Gasteiger partial charge in [-0.05, 0) is 37.1 Å². The van der Waals surface area contributed by atoms with Crippen LogP contribution in [0.4, 0.5) is 0 Å². The molecule has 0 unspecified atom stereocenters. The minimum absolute atomic E-state index is 0.525. The van der Waals surface area contributed by atoms with E-state index in [1.54, 1.807) is 0 Å². The summed E-state index contributed by atoms with van der Waals surface area (Å²) in [5.74, 6) is 0. The fraction of sp³-hybridized carbons (Fsp3) is 0.500. The molecule has 1 N–H and O–H groups in total. The lowest BCUT2D eigenvalue weighted by Gasteiger charge is -2.19. The van der Waals surface area contributed by atoms with Crippen molar-refractivity contribution in [1.29, 1.82) is 0 Å². The summed E-state index contributed by atoms with van der Waals surface area (Å²) in [5.41, 5.74) is 0. The third-order valence-corrected chi connectivity index (χ3v) is 6.49. The van der Waals surface area contributed by atoms with Crippen LogP contribution in [0.15, 0.2) is 33.6 Å². The molecule has 0 aromatic heterocycles. The summed E-state index contributed by atoms with van der Waals surface area (Å²) < 4.78 is 12.1. The molecular formula is C12H20BrO3PS. The molecule has 0 bridgehead atoms. The monoisotopic (exact) mass is 354 g/mol. The molecule has 1 aromatic rings. The number of hydrogen-bond donors (Lipinski definition) is 2. The van der Waals surface area contributed by atoms with Crippen LogP contribution in [0.5, 0.6) is 0 Å². The lowest BCUT2D eigenvalue weighted by atomic mass is 10.4. The predicted molar refractivity (Wildman–Crippen MR) is 82.8 cm³/mol. The maximum atomic E-state index is 10.4. The van der Waals surface area contributed by atoms with Gasteiger partial charge in [0.15, 0.2) is 0 Å². The molecular weight excluding hydrogens is 335 g/mol. The normalized spacial score (nSPS) is 11.8. The number of benzene rings is 1. The van der Waals surface area contributed by atoms with Gasteiger partial charge in [-0.25, -0.2) is 0 Å². The summed E-state index contributed by atoms with van der Waals surface area (Å²) in [4.78, 5) is 11.4. The highest BCUT2D eigenvalue weighted by atomic mass is 79.9. The maximum absolute atomic E-state index is 10.4. The maximum Gasteiger partial charge on any atom is 0.283 e. The SMILES string of the molecule is CCCOP(O)(OCCC)=[SH]c1ccc(Br)cc1. The minimum Gasteiger partial charge on any atom is -0.328 e. The van der Waals surface area contributed by atoms with Gasteiger partial charge in [0.25, 0.3) is 6.72 Å². The number of thiol groups is 1. The van der Waals surface area contributed by atoms with Crippen LogP contribution in [0.25, 0.3) is 0 Å². The predicted octanol–water partition coefficient (Wildman–Crippen LogP) is 4.15. The Morgan fingerprint density at radius 1 is 1.11 bits per heavy atom. The Balaban J connectivity index is 2.89. The van der Waals surface area contributed by atoms with E-state index in [4.69, 9.17) is 9.05 Å². The zero-order valence-corrected chi connectivity index (χ0v) is 14.0. The molecule has 3 nitrogen and oxygen atoms in total. The van der Waals surface area contributed by atoms with Crippen molar-refractivity contribution in [2.75, 3.05) is 13.2 Å². The van der Waals surface area contributed by atoms with Crippen molar-refractivity contribution >= 4 is 33.6 Å². The molecule has 18 heavy (non-hydrogen) atoms. The largest absolute Gasteiger partial charge is 0.328 e. The first kappa shape index (κ1) is 16.4. The Bertz CT molecular complexity index is 396. The molecule has 0 saturated carbocycles. The fourth-order valence-electron chi connectivity index (χ4n) is 1.17. The van der Waals surface area contributed by atoms with Crippen LogP contribution >= 0.6 is 22.6 Å². The second-order valence-electron chi connectivity index (χ2n) is 3.73. The molecule has 0 spiro atoms. The van der Waals surface area contributed by atoms with Gasteiger partial charge in [0, 0.05) is 9.37 Å². The second-order valence-corrected chi connectivity index (χ2v) is 8.98. The van der Waals surface area contributed by atoms with Crippen molar-refractivity contribution in [2.24, 2.45) is 0 Å². The van der Waals surface area contributed by atoms with Gasteiger partial charge in [-0.2, -0.15) is 0 Å². The summed E-state index contributed by atoms with van der Waals surface area (Å²) in [6.45, 7) is 2.30. The Morgan fingerprint density at radius 3 is 2.06 bits per heavy atom. The molecule has 1 rings (SSSR count). The first-order valence-corrected chi connectivity index (χ1v) is 9.96. The van der Waals surface area contributed by atoms with E-state index in [1.165, 1.54) is 0 Å². The molecule has 6 heteroatoms. The first-order chi connectivity index (χ1) is 8.59. The van der Waals surface area contributed by atoms with Crippen LogP contribution < -0.4 is 0 Å². The van der Waals surface area contributed by atoms with E-state index >= 15 is 0 Å². The number of halogens is 1. The average Bonchev–Trinajstić information content (AvgIpc) is 2.37. The molecule has 0 amide bonds. The van der Waals surface area contributed by atoms with Crippen molar-refractivity contribution in [3.05, 3.63) is 28.7 Å². The van der Waals surface area contributed by atoms with Gasteiger partial charge in [-0.1, -0.05) is 40.7 Å². The van der Waals surface area contributed by atoms with Crippen LogP contribution in [0.2, 0.25) is 0 Å². The molecule has 1 aromatic carbocycles. The topological polar surface area (TPSA) is 38.7 Å².